The van der Waals surface area contributed by atoms with Crippen LogP contribution in [0.3, 0.4) is 0 Å². The van der Waals surface area contributed by atoms with E-state index in [-0.39, 0.29) is 10.7 Å². The molecule has 2 aromatic rings. The molecule has 2 rings (SSSR count). The van der Waals surface area contributed by atoms with Crippen LogP contribution in [-0.2, 0) is 6.18 Å². The number of aromatic nitrogens is 2. The SMILES string of the molecule is Fc1ccc(C(F)(F)F)cc1-c1nnc(Br)o1. The van der Waals surface area contributed by atoms with Crippen molar-refractivity contribution >= 4 is 15.9 Å². The Hall–Kier alpha value is -1.44. The van der Waals surface area contributed by atoms with E-state index < -0.39 is 23.1 Å². The molecule has 1 aromatic heterocycles. The highest BCUT2D eigenvalue weighted by Gasteiger charge is 2.31. The van der Waals surface area contributed by atoms with E-state index in [1.165, 1.54) is 0 Å². The van der Waals surface area contributed by atoms with Gasteiger partial charge in [-0.3, -0.25) is 0 Å². The van der Waals surface area contributed by atoms with Crippen LogP contribution in [0.25, 0.3) is 11.5 Å². The molecular formula is C9H3BrF4N2O. The van der Waals surface area contributed by atoms with E-state index in [1.807, 2.05) is 0 Å². The lowest BCUT2D eigenvalue weighted by Gasteiger charge is -2.07. The van der Waals surface area contributed by atoms with Crippen molar-refractivity contribution in [2.24, 2.45) is 0 Å². The first-order valence-corrected chi connectivity index (χ1v) is 5.03. The van der Waals surface area contributed by atoms with Crippen molar-refractivity contribution in [2.45, 2.75) is 6.18 Å². The fraction of sp³-hybridized carbons (Fsp3) is 0.111. The standard InChI is InChI=1S/C9H3BrF4N2O/c10-8-16-15-7(17-8)5-3-4(9(12,13)14)1-2-6(5)11/h1-3H. The molecule has 0 spiro atoms. The van der Waals surface area contributed by atoms with E-state index in [4.69, 9.17) is 4.42 Å². The van der Waals surface area contributed by atoms with Gasteiger partial charge in [0.25, 0.3) is 10.7 Å². The van der Waals surface area contributed by atoms with Crippen molar-refractivity contribution in [3.63, 3.8) is 0 Å². The summed E-state index contributed by atoms with van der Waals surface area (Å²) in [6.45, 7) is 0. The molecule has 0 aliphatic carbocycles. The van der Waals surface area contributed by atoms with Crippen LogP contribution >= 0.6 is 15.9 Å². The zero-order valence-corrected chi connectivity index (χ0v) is 9.51. The van der Waals surface area contributed by atoms with Gasteiger partial charge in [0.15, 0.2) is 0 Å². The summed E-state index contributed by atoms with van der Waals surface area (Å²) in [5, 5.41) is 6.78. The van der Waals surface area contributed by atoms with Gasteiger partial charge in [-0.25, -0.2) is 4.39 Å². The molecule has 8 heteroatoms. The van der Waals surface area contributed by atoms with Crippen molar-refractivity contribution in [1.29, 1.82) is 0 Å². The summed E-state index contributed by atoms with van der Waals surface area (Å²) in [5.74, 6) is -1.19. The fourth-order valence-electron chi connectivity index (χ4n) is 1.18. The molecule has 3 nitrogen and oxygen atoms in total. The normalized spacial score (nSPS) is 11.8. The number of halogens is 5. The quantitative estimate of drug-likeness (QED) is 0.755. The Balaban J connectivity index is 2.54. The molecule has 0 bridgehead atoms. The fourth-order valence-corrected chi connectivity index (χ4v) is 1.41. The van der Waals surface area contributed by atoms with Crippen molar-refractivity contribution in [2.75, 3.05) is 0 Å². The van der Waals surface area contributed by atoms with Gasteiger partial charge in [-0.05, 0) is 18.2 Å². The van der Waals surface area contributed by atoms with Crippen LogP contribution in [0, 0.1) is 5.82 Å². The first-order chi connectivity index (χ1) is 7.88. The average molecular weight is 311 g/mol. The average Bonchev–Trinajstić information content (AvgIpc) is 2.63. The van der Waals surface area contributed by atoms with Crippen LogP contribution < -0.4 is 0 Å². The largest absolute Gasteiger partial charge is 0.416 e. The molecule has 17 heavy (non-hydrogen) atoms. The number of hydrogen-bond acceptors (Lipinski definition) is 3. The summed E-state index contributed by atoms with van der Waals surface area (Å²) in [6, 6.07) is 1.97. The topological polar surface area (TPSA) is 38.9 Å². The Morgan fingerprint density at radius 3 is 2.41 bits per heavy atom. The predicted molar refractivity (Wildman–Crippen MR) is 52.4 cm³/mol. The van der Waals surface area contributed by atoms with Crippen LogP contribution in [0.15, 0.2) is 27.4 Å². The lowest BCUT2D eigenvalue weighted by Crippen LogP contribution is -2.05. The smallest absolute Gasteiger partial charge is 0.411 e. The van der Waals surface area contributed by atoms with Gasteiger partial charge in [0.05, 0.1) is 11.1 Å². The first-order valence-electron chi connectivity index (χ1n) is 4.24. The van der Waals surface area contributed by atoms with E-state index in [2.05, 4.69) is 26.1 Å². The predicted octanol–water partition coefficient (Wildman–Crippen LogP) is 3.66. The third kappa shape index (κ3) is 2.46. The molecule has 0 unspecified atom stereocenters. The highest BCUT2D eigenvalue weighted by Crippen LogP contribution is 2.33. The van der Waals surface area contributed by atoms with Crippen LogP contribution in [0.5, 0.6) is 0 Å². The zero-order chi connectivity index (χ0) is 12.6. The van der Waals surface area contributed by atoms with Gasteiger partial charge in [0.2, 0.25) is 0 Å². The minimum atomic E-state index is -4.56. The molecule has 0 aliphatic heterocycles. The first kappa shape index (κ1) is 12.0. The summed E-state index contributed by atoms with van der Waals surface area (Å²) in [4.78, 5) is -0.0377. The number of nitrogens with zero attached hydrogens (tertiary/aromatic N) is 2. The Labute approximate surface area is 101 Å². The molecule has 90 valence electrons. The van der Waals surface area contributed by atoms with E-state index in [9.17, 15) is 17.6 Å². The third-order valence-corrected chi connectivity index (χ3v) is 2.24. The van der Waals surface area contributed by atoms with Gasteiger partial charge in [0.1, 0.15) is 5.82 Å². The van der Waals surface area contributed by atoms with E-state index in [0.717, 1.165) is 0 Å². The third-order valence-electron chi connectivity index (χ3n) is 1.92. The second-order valence-corrected chi connectivity index (χ2v) is 3.73. The summed E-state index contributed by atoms with van der Waals surface area (Å²) >= 11 is 2.83. The second-order valence-electron chi connectivity index (χ2n) is 3.05. The summed E-state index contributed by atoms with van der Waals surface area (Å²) in [7, 11) is 0. The van der Waals surface area contributed by atoms with E-state index in [1.54, 1.807) is 0 Å². The summed E-state index contributed by atoms with van der Waals surface area (Å²) in [6.07, 6.45) is -4.56. The van der Waals surface area contributed by atoms with Gasteiger partial charge in [-0.2, -0.15) is 13.2 Å². The maximum atomic E-state index is 13.3. The Morgan fingerprint density at radius 1 is 1.18 bits per heavy atom. The monoisotopic (exact) mass is 310 g/mol. The van der Waals surface area contributed by atoms with E-state index >= 15 is 0 Å². The lowest BCUT2D eigenvalue weighted by atomic mass is 10.1. The molecule has 0 radical (unpaired) electrons. The van der Waals surface area contributed by atoms with Gasteiger partial charge >= 0.3 is 6.18 Å². The number of alkyl halides is 3. The maximum Gasteiger partial charge on any atom is 0.416 e. The molecule has 0 saturated heterocycles. The Bertz CT molecular complexity index is 552. The highest BCUT2D eigenvalue weighted by atomic mass is 79.9. The molecule has 0 N–H and O–H groups in total. The van der Waals surface area contributed by atoms with Crippen molar-refractivity contribution in [3.05, 3.63) is 34.4 Å². The molecule has 0 amide bonds. The zero-order valence-electron chi connectivity index (χ0n) is 7.92. The maximum absolute atomic E-state index is 13.3. The molecular weight excluding hydrogens is 308 g/mol. The molecule has 1 heterocycles. The summed E-state index contributed by atoms with van der Waals surface area (Å²) in [5.41, 5.74) is -1.37. The van der Waals surface area contributed by atoms with Gasteiger partial charge in [0, 0.05) is 15.9 Å². The van der Waals surface area contributed by atoms with Crippen LogP contribution in [0.2, 0.25) is 0 Å². The number of rotatable bonds is 1. The lowest BCUT2D eigenvalue weighted by molar-refractivity contribution is -0.137. The van der Waals surface area contributed by atoms with Gasteiger partial charge in [-0.1, -0.05) is 0 Å². The second kappa shape index (κ2) is 4.10. The highest BCUT2D eigenvalue weighted by molar-refractivity contribution is 9.10. The van der Waals surface area contributed by atoms with Crippen molar-refractivity contribution in [1.82, 2.24) is 10.2 Å². The Kier molecular flexibility index (Phi) is 2.90. The molecule has 0 fully saturated rings. The minimum Gasteiger partial charge on any atom is -0.411 e. The van der Waals surface area contributed by atoms with E-state index in [0.29, 0.717) is 18.2 Å². The Morgan fingerprint density at radius 2 is 1.88 bits per heavy atom. The molecule has 1 aromatic carbocycles. The molecule has 0 saturated carbocycles. The van der Waals surface area contributed by atoms with Crippen LogP contribution in [0.1, 0.15) is 5.56 Å². The van der Waals surface area contributed by atoms with Gasteiger partial charge < -0.3 is 4.42 Å². The minimum absolute atomic E-state index is 0.0377. The van der Waals surface area contributed by atoms with Crippen molar-refractivity contribution < 1.29 is 22.0 Å². The molecule has 0 aliphatic rings. The summed E-state index contributed by atoms with van der Waals surface area (Å²) < 4.78 is 55.4. The van der Waals surface area contributed by atoms with Crippen molar-refractivity contribution in [3.8, 4) is 11.5 Å². The van der Waals surface area contributed by atoms with Crippen LogP contribution in [-0.4, -0.2) is 10.2 Å². The molecule has 0 atom stereocenters. The van der Waals surface area contributed by atoms with Crippen LogP contribution in [0.4, 0.5) is 17.6 Å². The number of benzene rings is 1. The number of hydrogen-bond donors (Lipinski definition) is 0. The van der Waals surface area contributed by atoms with Gasteiger partial charge in [-0.15, -0.1) is 10.2 Å².